The standard InChI is InChI=1S/C15H21N3O2/c1-11(2)15(20)18-8-4-5-12(10-18)14(19)17-13-6-3-7-16-9-13/h3,6-7,9,11-12H,4-5,8,10H2,1-2H3,(H,17,19). The van der Waals surface area contributed by atoms with E-state index in [0.717, 1.165) is 19.4 Å². The van der Waals surface area contributed by atoms with Crippen molar-refractivity contribution in [3.05, 3.63) is 24.5 Å². The lowest BCUT2D eigenvalue weighted by Gasteiger charge is -2.33. The van der Waals surface area contributed by atoms with E-state index in [-0.39, 0.29) is 23.7 Å². The minimum absolute atomic E-state index is 0.0184. The van der Waals surface area contributed by atoms with E-state index in [9.17, 15) is 9.59 Å². The first kappa shape index (κ1) is 14.5. The molecule has 0 bridgehead atoms. The molecule has 108 valence electrons. The van der Waals surface area contributed by atoms with Crippen LogP contribution in [0.5, 0.6) is 0 Å². The summed E-state index contributed by atoms with van der Waals surface area (Å²) in [5.74, 6) is -0.0510. The number of pyridine rings is 1. The van der Waals surface area contributed by atoms with E-state index in [2.05, 4.69) is 10.3 Å². The summed E-state index contributed by atoms with van der Waals surface area (Å²) in [7, 11) is 0. The van der Waals surface area contributed by atoms with Crippen molar-refractivity contribution in [2.24, 2.45) is 11.8 Å². The molecule has 0 radical (unpaired) electrons. The summed E-state index contributed by atoms with van der Waals surface area (Å²) in [6, 6.07) is 3.59. The molecule has 5 nitrogen and oxygen atoms in total. The molecule has 1 unspecified atom stereocenters. The molecule has 2 rings (SSSR count). The number of hydrogen-bond acceptors (Lipinski definition) is 3. The van der Waals surface area contributed by atoms with Gasteiger partial charge in [-0.15, -0.1) is 0 Å². The molecule has 0 saturated carbocycles. The van der Waals surface area contributed by atoms with Gasteiger partial charge in [0.2, 0.25) is 11.8 Å². The van der Waals surface area contributed by atoms with Crippen LogP contribution in [0.1, 0.15) is 26.7 Å². The van der Waals surface area contributed by atoms with E-state index in [1.807, 2.05) is 24.8 Å². The largest absolute Gasteiger partial charge is 0.342 e. The van der Waals surface area contributed by atoms with E-state index in [0.29, 0.717) is 12.2 Å². The van der Waals surface area contributed by atoms with Crippen LogP contribution in [-0.2, 0) is 9.59 Å². The van der Waals surface area contributed by atoms with Crippen molar-refractivity contribution in [1.82, 2.24) is 9.88 Å². The third kappa shape index (κ3) is 3.56. The summed E-state index contributed by atoms with van der Waals surface area (Å²) in [4.78, 5) is 30.0. The predicted molar refractivity (Wildman–Crippen MR) is 77.0 cm³/mol. The van der Waals surface area contributed by atoms with Crippen LogP contribution in [0.4, 0.5) is 5.69 Å². The predicted octanol–water partition coefficient (Wildman–Crippen LogP) is 1.91. The Bertz CT molecular complexity index is 473. The van der Waals surface area contributed by atoms with Crippen molar-refractivity contribution >= 4 is 17.5 Å². The van der Waals surface area contributed by atoms with Crippen molar-refractivity contribution in [3.63, 3.8) is 0 Å². The summed E-state index contributed by atoms with van der Waals surface area (Å²) >= 11 is 0. The number of rotatable bonds is 3. The first-order chi connectivity index (χ1) is 9.58. The number of carbonyl (C=O) groups is 2. The lowest BCUT2D eigenvalue weighted by atomic mass is 9.96. The minimum Gasteiger partial charge on any atom is -0.342 e. The SMILES string of the molecule is CC(C)C(=O)N1CCCC(C(=O)Nc2cccnc2)C1. The van der Waals surface area contributed by atoms with E-state index in [1.165, 1.54) is 0 Å². The fraction of sp³-hybridized carbons (Fsp3) is 0.533. The van der Waals surface area contributed by atoms with Crippen molar-refractivity contribution < 1.29 is 9.59 Å². The smallest absolute Gasteiger partial charge is 0.229 e. The van der Waals surface area contributed by atoms with Crippen molar-refractivity contribution in [2.45, 2.75) is 26.7 Å². The molecule has 2 heterocycles. The zero-order valence-corrected chi connectivity index (χ0v) is 12.0. The normalized spacial score (nSPS) is 18.9. The fourth-order valence-electron chi connectivity index (χ4n) is 2.44. The van der Waals surface area contributed by atoms with Crippen LogP contribution in [0.15, 0.2) is 24.5 Å². The van der Waals surface area contributed by atoms with E-state index in [4.69, 9.17) is 0 Å². The molecule has 1 aliphatic rings. The van der Waals surface area contributed by atoms with Gasteiger partial charge in [-0.25, -0.2) is 0 Å². The third-order valence-corrected chi connectivity index (χ3v) is 3.53. The maximum absolute atomic E-state index is 12.2. The fourth-order valence-corrected chi connectivity index (χ4v) is 2.44. The highest BCUT2D eigenvalue weighted by atomic mass is 16.2. The Morgan fingerprint density at radius 1 is 1.45 bits per heavy atom. The molecule has 5 heteroatoms. The molecule has 0 aliphatic carbocycles. The first-order valence-electron chi connectivity index (χ1n) is 7.07. The van der Waals surface area contributed by atoms with Gasteiger partial charge in [0.05, 0.1) is 17.8 Å². The molecule has 1 saturated heterocycles. The molecule has 1 aromatic heterocycles. The third-order valence-electron chi connectivity index (χ3n) is 3.53. The Morgan fingerprint density at radius 2 is 2.25 bits per heavy atom. The summed E-state index contributed by atoms with van der Waals surface area (Å²) in [5.41, 5.74) is 0.699. The van der Waals surface area contributed by atoms with Gasteiger partial charge in [-0.2, -0.15) is 0 Å². The van der Waals surface area contributed by atoms with Gasteiger partial charge in [0.15, 0.2) is 0 Å². The Morgan fingerprint density at radius 3 is 2.90 bits per heavy atom. The van der Waals surface area contributed by atoms with Crippen LogP contribution in [0.25, 0.3) is 0 Å². The van der Waals surface area contributed by atoms with E-state index in [1.54, 1.807) is 18.5 Å². The topological polar surface area (TPSA) is 62.3 Å². The summed E-state index contributed by atoms with van der Waals surface area (Å²) in [5, 5.41) is 2.86. The highest BCUT2D eigenvalue weighted by Crippen LogP contribution is 2.20. The van der Waals surface area contributed by atoms with Gasteiger partial charge in [-0.1, -0.05) is 13.8 Å². The molecular weight excluding hydrogens is 254 g/mol. The van der Waals surface area contributed by atoms with Crippen LogP contribution in [0.2, 0.25) is 0 Å². The van der Waals surface area contributed by atoms with Crippen LogP contribution < -0.4 is 5.32 Å². The summed E-state index contributed by atoms with van der Waals surface area (Å²) < 4.78 is 0. The molecule has 2 amide bonds. The Balaban J connectivity index is 1.95. The number of aromatic nitrogens is 1. The first-order valence-corrected chi connectivity index (χ1v) is 7.07. The van der Waals surface area contributed by atoms with Crippen molar-refractivity contribution in [3.8, 4) is 0 Å². The second kappa shape index (κ2) is 6.50. The molecule has 0 spiro atoms. The number of likely N-dealkylation sites (tertiary alicyclic amines) is 1. The summed E-state index contributed by atoms with van der Waals surface area (Å²) in [6.07, 6.45) is 4.99. The van der Waals surface area contributed by atoms with E-state index >= 15 is 0 Å². The number of nitrogens with one attached hydrogen (secondary N) is 1. The second-order valence-corrected chi connectivity index (χ2v) is 5.51. The highest BCUT2D eigenvalue weighted by Gasteiger charge is 2.29. The lowest BCUT2D eigenvalue weighted by Crippen LogP contribution is -2.45. The zero-order chi connectivity index (χ0) is 14.5. The quantitative estimate of drug-likeness (QED) is 0.916. The molecule has 1 atom stereocenters. The van der Waals surface area contributed by atoms with Crippen LogP contribution >= 0.6 is 0 Å². The minimum atomic E-state index is -0.133. The zero-order valence-electron chi connectivity index (χ0n) is 12.0. The molecular formula is C15H21N3O2. The molecule has 1 aliphatic heterocycles. The van der Waals surface area contributed by atoms with Gasteiger partial charge in [-0.3, -0.25) is 14.6 Å². The van der Waals surface area contributed by atoms with Gasteiger partial charge in [0.1, 0.15) is 0 Å². The Kier molecular flexibility index (Phi) is 4.71. The number of nitrogens with zero attached hydrogens (tertiary/aromatic N) is 2. The van der Waals surface area contributed by atoms with E-state index < -0.39 is 0 Å². The van der Waals surface area contributed by atoms with Crippen molar-refractivity contribution in [1.29, 1.82) is 0 Å². The average molecular weight is 275 g/mol. The van der Waals surface area contributed by atoms with Crippen molar-refractivity contribution in [2.75, 3.05) is 18.4 Å². The molecule has 1 N–H and O–H groups in total. The van der Waals surface area contributed by atoms with Crippen LogP contribution in [0, 0.1) is 11.8 Å². The van der Waals surface area contributed by atoms with Gasteiger partial charge in [0.25, 0.3) is 0 Å². The molecule has 1 aromatic rings. The maximum Gasteiger partial charge on any atom is 0.229 e. The number of hydrogen-bond donors (Lipinski definition) is 1. The second-order valence-electron chi connectivity index (χ2n) is 5.51. The number of carbonyl (C=O) groups excluding carboxylic acids is 2. The van der Waals surface area contributed by atoms with Gasteiger partial charge in [-0.05, 0) is 25.0 Å². The van der Waals surface area contributed by atoms with Gasteiger partial charge in [0, 0.05) is 25.2 Å². The number of amides is 2. The van der Waals surface area contributed by atoms with Crippen LogP contribution in [-0.4, -0.2) is 34.8 Å². The van der Waals surface area contributed by atoms with Gasteiger partial charge >= 0.3 is 0 Å². The number of anilines is 1. The number of piperidine rings is 1. The summed E-state index contributed by atoms with van der Waals surface area (Å²) in [6.45, 7) is 5.06. The average Bonchev–Trinajstić information content (AvgIpc) is 2.47. The van der Waals surface area contributed by atoms with Gasteiger partial charge < -0.3 is 10.2 Å². The Hall–Kier alpha value is -1.91. The Labute approximate surface area is 119 Å². The highest BCUT2D eigenvalue weighted by molar-refractivity contribution is 5.93. The molecule has 1 fully saturated rings. The maximum atomic E-state index is 12.2. The molecule has 0 aromatic carbocycles. The monoisotopic (exact) mass is 275 g/mol. The van der Waals surface area contributed by atoms with Crippen LogP contribution in [0.3, 0.4) is 0 Å². The molecule has 20 heavy (non-hydrogen) atoms. The lowest BCUT2D eigenvalue weighted by molar-refractivity contribution is -0.137.